The summed E-state index contributed by atoms with van der Waals surface area (Å²) in [6.07, 6.45) is 3.07. The average molecular weight is 354 g/mol. The summed E-state index contributed by atoms with van der Waals surface area (Å²) in [6, 6.07) is 10.5. The molecule has 26 heavy (non-hydrogen) atoms. The largest absolute Gasteiger partial charge is 0.319 e. The number of aromatic nitrogens is 2. The lowest BCUT2D eigenvalue weighted by atomic mass is 10.1. The van der Waals surface area contributed by atoms with Crippen LogP contribution in [0.4, 0.5) is 15.8 Å². The maximum atomic E-state index is 13.2. The highest BCUT2D eigenvalue weighted by Gasteiger charge is 2.18. The van der Waals surface area contributed by atoms with Crippen molar-refractivity contribution in [1.82, 2.24) is 9.78 Å². The number of nitrogens with one attached hydrogen (secondary N) is 1. The maximum Gasteiger partial charge on any atom is 0.273 e. The number of hydrogen-bond acceptors (Lipinski definition) is 4. The molecule has 0 saturated carbocycles. The number of anilines is 1. The highest BCUT2D eigenvalue weighted by molar-refractivity contribution is 6.05. The molecule has 8 heteroatoms. The molecule has 0 radical (unpaired) electrons. The predicted molar refractivity (Wildman–Crippen MR) is 93.5 cm³/mol. The van der Waals surface area contributed by atoms with Gasteiger partial charge in [0.15, 0.2) is 0 Å². The van der Waals surface area contributed by atoms with Gasteiger partial charge < -0.3 is 5.32 Å². The van der Waals surface area contributed by atoms with Crippen LogP contribution >= 0.6 is 0 Å². The molecule has 2 aromatic carbocycles. The van der Waals surface area contributed by atoms with Gasteiger partial charge in [0.25, 0.3) is 11.6 Å². The lowest BCUT2D eigenvalue weighted by Crippen LogP contribution is -2.13. The van der Waals surface area contributed by atoms with E-state index in [1.54, 1.807) is 23.0 Å². The molecule has 7 nitrogen and oxygen atoms in total. The van der Waals surface area contributed by atoms with Crippen LogP contribution in [0.1, 0.15) is 21.5 Å². The molecule has 0 bridgehead atoms. The molecule has 0 spiro atoms. The molecule has 1 heterocycles. The molecule has 0 saturated heterocycles. The molecule has 1 N–H and O–H groups in total. The molecule has 3 aromatic rings. The topological polar surface area (TPSA) is 90.1 Å². The Kier molecular flexibility index (Phi) is 4.74. The van der Waals surface area contributed by atoms with E-state index in [1.807, 2.05) is 0 Å². The SMILES string of the molecule is Cc1c(C(=O)Nc2cnn(Cc3cccc(F)c3)c2)cccc1[N+](=O)[O-]. The van der Waals surface area contributed by atoms with Crippen molar-refractivity contribution in [2.24, 2.45) is 0 Å². The summed E-state index contributed by atoms with van der Waals surface area (Å²) in [5.41, 5.74) is 1.58. The fourth-order valence-corrected chi connectivity index (χ4v) is 2.60. The first kappa shape index (κ1) is 17.3. The minimum atomic E-state index is -0.525. The molecule has 1 aromatic heterocycles. The summed E-state index contributed by atoms with van der Waals surface area (Å²) in [4.78, 5) is 22.9. The Balaban J connectivity index is 1.74. The van der Waals surface area contributed by atoms with Crippen LogP contribution in [0.5, 0.6) is 0 Å². The summed E-state index contributed by atoms with van der Waals surface area (Å²) in [7, 11) is 0. The molecule has 1 amide bonds. The van der Waals surface area contributed by atoms with Crippen LogP contribution in [0.2, 0.25) is 0 Å². The minimum Gasteiger partial charge on any atom is -0.319 e. The van der Waals surface area contributed by atoms with Gasteiger partial charge in [-0.3, -0.25) is 19.6 Å². The van der Waals surface area contributed by atoms with Crippen LogP contribution in [0.3, 0.4) is 0 Å². The molecule has 0 fully saturated rings. The van der Waals surface area contributed by atoms with Crippen LogP contribution in [0.25, 0.3) is 0 Å². The molecule has 0 unspecified atom stereocenters. The first-order valence-corrected chi connectivity index (χ1v) is 7.76. The third-order valence-electron chi connectivity index (χ3n) is 3.87. The summed E-state index contributed by atoms with van der Waals surface area (Å²) in [6.45, 7) is 1.88. The van der Waals surface area contributed by atoms with Gasteiger partial charge in [0.05, 0.1) is 23.4 Å². The fraction of sp³-hybridized carbons (Fsp3) is 0.111. The van der Waals surface area contributed by atoms with E-state index >= 15 is 0 Å². The summed E-state index contributed by atoms with van der Waals surface area (Å²) >= 11 is 0. The van der Waals surface area contributed by atoms with Crippen LogP contribution in [0.15, 0.2) is 54.9 Å². The standard InChI is InChI=1S/C18H15FN4O3/c1-12-16(6-3-7-17(12)23(25)26)18(24)21-15-9-20-22(11-15)10-13-4-2-5-14(19)8-13/h2-9,11H,10H2,1H3,(H,21,24). The van der Waals surface area contributed by atoms with Crippen molar-refractivity contribution in [3.05, 3.63) is 87.5 Å². The van der Waals surface area contributed by atoms with Crippen LogP contribution in [0, 0.1) is 22.9 Å². The summed E-state index contributed by atoms with van der Waals surface area (Å²) in [5, 5.41) is 17.8. The number of carbonyl (C=O) groups excluding carboxylic acids is 1. The van der Waals surface area contributed by atoms with Gasteiger partial charge in [0, 0.05) is 23.4 Å². The zero-order valence-electron chi connectivity index (χ0n) is 13.8. The quantitative estimate of drug-likeness (QED) is 0.560. The third-order valence-corrected chi connectivity index (χ3v) is 3.87. The van der Waals surface area contributed by atoms with Crippen molar-refractivity contribution in [3.63, 3.8) is 0 Å². The van der Waals surface area contributed by atoms with Gasteiger partial charge >= 0.3 is 0 Å². The Bertz CT molecular complexity index is 984. The lowest BCUT2D eigenvalue weighted by Gasteiger charge is -2.06. The zero-order valence-corrected chi connectivity index (χ0v) is 13.8. The van der Waals surface area contributed by atoms with Crippen molar-refractivity contribution in [2.75, 3.05) is 5.32 Å². The third kappa shape index (κ3) is 3.75. The van der Waals surface area contributed by atoms with Gasteiger partial charge in [-0.15, -0.1) is 0 Å². The van der Waals surface area contributed by atoms with E-state index in [1.165, 1.54) is 43.5 Å². The second-order valence-corrected chi connectivity index (χ2v) is 5.72. The number of carbonyl (C=O) groups is 1. The van der Waals surface area contributed by atoms with Crippen LogP contribution in [-0.2, 0) is 6.54 Å². The number of halogens is 1. The van der Waals surface area contributed by atoms with Gasteiger partial charge in [0.2, 0.25) is 0 Å². The number of hydrogen-bond donors (Lipinski definition) is 1. The average Bonchev–Trinajstić information content (AvgIpc) is 3.01. The molecular formula is C18H15FN4O3. The van der Waals surface area contributed by atoms with Gasteiger partial charge in [-0.05, 0) is 30.7 Å². The molecule has 0 aliphatic heterocycles. The van der Waals surface area contributed by atoms with E-state index in [-0.39, 0.29) is 17.1 Å². The van der Waals surface area contributed by atoms with E-state index in [2.05, 4.69) is 10.4 Å². The van der Waals surface area contributed by atoms with Crippen molar-refractivity contribution in [2.45, 2.75) is 13.5 Å². The van der Waals surface area contributed by atoms with Gasteiger partial charge in [-0.25, -0.2) is 4.39 Å². The van der Waals surface area contributed by atoms with E-state index < -0.39 is 10.8 Å². The Hall–Kier alpha value is -3.55. The number of nitro benzene ring substituents is 1. The van der Waals surface area contributed by atoms with Crippen LogP contribution in [-0.4, -0.2) is 20.6 Å². The van der Waals surface area contributed by atoms with Crippen LogP contribution < -0.4 is 5.32 Å². The highest BCUT2D eigenvalue weighted by atomic mass is 19.1. The molecule has 0 atom stereocenters. The monoisotopic (exact) mass is 354 g/mol. The highest BCUT2D eigenvalue weighted by Crippen LogP contribution is 2.22. The van der Waals surface area contributed by atoms with Gasteiger partial charge in [-0.1, -0.05) is 18.2 Å². The van der Waals surface area contributed by atoms with E-state index in [4.69, 9.17) is 0 Å². The zero-order chi connectivity index (χ0) is 18.7. The minimum absolute atomic E-state index is 0.112. The number of amides is 1. The molecule has 3 rings (SSSR count). The van der Waals surface area contributed by atoms with E-state index in [9.17, 15) is 19.3 Å². The molecule has 0 aliphatic rings. The molecule has 0 aliphatic carbocycles. The number of nitro groups is 1. The second kappa shape index (κ2) is 7.14. The van der Waals surface area contributed by atoms with Crippen molar-refractivity contribution < 1.29 is 14.1 Å². The maximum absolute atomic E-state index is 13.2. The Morgan fingerprint density at radius 1 is 1.31 bits per heavy atom. The smallest absolute Gasteiger partial charge is 0.273 e. The van der Waals surface area contributed by atoms with Gasteiger partial charge in [-0.2, -0.15) is 5.10 Å². The Morgan fingerprint density at radius 2 is 2.08 bits per heavy atom. The fourth-order valence-electron chi connectivity index (χ4n) is 2.60. The van der Waals surface area contributed by atoms with Crippen molar-refractivity contribution >= 4 is 17.3 Å². The Labute approximate surface area is 148 Å². The van der Waals surface area contributed by atoms with E-state index in [0.717, 1.165) is 5.56 Å². The second-order valence-electron chi connectivity index (χ2n) is 5.72. The summed E-state index contributed by atoms with van der Waals surface area (Å²) in [5.74, 6) is -0.791. The Morgan fingerprint density at radius 3 is 2.81 bits per heavy atom. The van der Waals surface area contributed by atoms with Crippen molar-refractivity contribution in [3.8, 4) is 0 Å². The predicted octanol–water partition coefficient (Wildman–Crippen LogP) is 3.54. The first-order valence-electron chi connectivity index (χ1n) is 7.76. The molecule has 132 valence electrons. The lowest BCUT2D eigenvalue weighted by molar-refractivity contribution is -0.385. The van der Waals surface area contributed by atoms with Crippen molar-refractivity contribution in [1.29, 1.82) is 0 Å². The first-order chi connectivity index (χ1) is 12.4. The molecular weight excluding hydrogens is 339 g/mol. The van der Waals surface area contributed by atoms with Gasteiger partial charge in [0.1, 0.15) is 5.82 Å². The number of rotatable bonds is 5. The number of nitrogens with zero attached hydrogens (tertiary/aromatic N) is 3. The normalized spacial score (nSPS) is 10.5. The number of benzene rings is 2. The summed E-state index contributed by atoms with van der Waals surface area (Å²) < 4.78 is 14.8. The van der Waals surface area contributed by atoms with E-state index in [0.29, 0.717) is 17.8 Å².